The molecule has 0 bridgehead atoms. The van der Waals surface area contributed by atoms with Crippen LogP contribution in [0.2, 0.25) is 0 Å². The van der Waals surface area contributed by atoms with Crippen molar-refractivity contribution in [3.8, 4) is 0 Å². The number of rotatable bonds is 2. The summed E-state index contributed by atoms with van der Waals surface area (Å²) < 4.78 is 0. The van der Waals surface area contributed by atoms with E-state index in [0.717, 1.165) is 12.5 Å². The molecule has 0 aromatic heterocycles. The van der Waals surface area contributed by atoms with Crippen LogP contribution in [0.1, 0.15) is 30.9 Å². The minimum atomic E-state index is 0.698. The summed E-state index contributed by atoms with van der Waals surface area (Å²) in [5.41, 5.74) is 3.12. The number of benzene rings is 1. The first-order chi connectivity index (χ1) is 8.83. The molecule has 1 N–H and O–H groups in total. The molecule has 1 fully saturated rings. The standard InChI is InChI=1S/C16H24N2/c1-13-15(8-9-17-13)11-18-10-4-7-14-5-2-3-6-16(14)12-18/h2-3,5-6,13,15,17H,4,7-12H2,1H3. The van der Waals surface area contributed by atoms with Crippen molar-refractivity contribution >= 4 is 0 Å². The average molecular weight is 244 g/mol. The van der Waals surface area contributed by atoms with Gasteiger partial charge in [-0.3, -0.25) is 4.90 Å². The summed E-state index contributed by atoms with van der Waals surface area (Å²) in [7, 11) is 0. The Labute approximate surface area is 110 Å². The molecule has 2 heterocycles. The van der Waals surface area contributed by atoms with Gasteiger partial charge in [0, 0.05) is 19.1 Å². The van der Waals surface area contributed by atoms with Crippen LogP contribution in [0, 0.1) is 5.92 Å². The third kappa shape index (κ3) is 2.60. The molecule has 1 aromatic rings. The number of fused-ring (bicyclic) bond motifs is 1. The summed E-state index contributed by atoms with van der Waals surface area (Å²) in [6, 6.07) is 9.67. The molecular formula is C16H24N2. The monoisotopic (exact) mass is 244 g/mol. The Balaban J connectivity index is 1.67. The van der Waals surface area contributed by atoms with Gasteiger partial charge in [-0.2, -0.15) is 0 Å². The molecule has 18 heavy (non-hydrogen) atoms. The largest absolute Gasteiger partial charge is 0.314 e. The fourth-order valence-corrected chi connectivity index (χ4v) is 3.42. The lowest BCUT2D eigenvalue weighted by molar-refractivity contribution is 0.218. The first-order valence-electron chi connectivity index (χ1n) is 7.35. The quantitative estimate of drug-likeness (QED) is 0.859. The Kier molecular flexibility index (Phi) is 3.67. The number of aryl methyl sites for hydroxylation is 1. The molecule has 3 rings (SSSR count). The highest BCUT2D eigenvalue weighted by atomic mass is 15.1. The maximum Gasteiger partial charge on any atom is 0.0236 e. The molecule has 2 atom stereocenters. The van der Waals surface area contributed by atoms with E-state index in [2.05, 4.69) is 41.4 Å². The maximum absolute atomic E-state index is 3.57. The van der Waals surface area contributed by atoms with Crippen molar-refractivity contribution in [2.24, 2.45) is 5.92 Å². The number of hydrogen-bond acceptors (Lipinski definition) is 2. The molecule has 2 aliphatic heterocycles. The molecule has 2 unspecified atom stereocenters. The summed E-state index contributed by atoms with van der Waals surface area (Å²) in [5, 5.41) is 3.57. The fourth-order valence-electron chi connectivity index (χ4n) is 3.42. The highest BCUT2D eigenvalue weighted by Crippen LogP contribution is 2.22. The highest BCUT2D eigenvalue weighted by molar-refractivity contribution is 5.28. The Bertz CT molecular complexity index is 402. The molecule has 2 aliphatic rings. The van der Waals surface area contributed by atoms with Gasteiger partial charge in [0.15, 0.2) is 0 Å². The molecule has 0 spiro atoms. The molecule has 0 saturated carbocycles. The van der Waals surface area contributed by atoms with Crippen molar-refractivity contribution in [2.45, 2.75) is 38.8 Å². The topological polar surface area (TPSA) is 15.3 Å². The van der Waals surface area contributed by atoms with Gasteiger partial charge in [-0.25, -0.2) is 0 Å². The van der Waals surface area contributed by atoms with Crippen molar-refractivity contribution in [3.05, 3.63) is 35.4 Å². The maximum atomic E-state index is 3.57. The van der Waals surface area contributed by atoms with E-state index in [0.29, 0.717) is 6.04 Å². The van der Waals surface area contributed by atoms with Crippen molar-refractivity contribution in [3.63, 3.8) is 0 Å². The van der Waals surface area contributed by atoms with Crippen molar-refractivity contribution in [2.75, 3.05) is 19.6 Å². The zero-order chi connectivity index (χ0) is 12.4. The summed E-state index contributed by atoms with van der Waals surface area (Å²) >= 11 is 0. The molecule has 2 nitrogen and oxygen atoms in total. The van der Waals surface area contributed by atoms with E-state index < -0.39 is 0 Å². The van der Waals surface area contributed by atoms with Crippen LogP contribution in [0.4, 0.5) is 0 Å². The van der Waals surface area contributed by atoms with Crippen LogP contribution in [-0.4, -0.2) is 30.6 Å². The van der Waals surface area contributed by atoms with Crippen LogP contribution in [-0.2, 0) is 13.0 Å². The third-order valence-electron chi connectivity index (χ3n) is 4.61. The smallest absolute Gasteiger partial charge is 0.0236 e. The van der Waals surface area contributed by atoms with Crippen LogP contribution >= 0.6 is 0 Å². The second-order valence-electron chi connectivity index (χ2n) is 5.90. The highest BCUT2D eigenvalue weighted by Gasteiger charge is 2.25. The minimum Gasteiger partial charge on any atom is -0.314 e. The van der Waals surface area contributed by atoms with Gasteiger partial charge in [-0.1, -0.05) is 24.3 Å². The predicted octanol–water partition coefficient (Wildman–Crippen LogP) is 2.43. The lowest BCUT2D eigenvalue weighted by atomic mass is 10.0. The van der Waals surface area contributed by atoms with E-state index in [4.69, 9.17) is 0 Å². The van der Waals surface area contributed by atoms with E-state index in [1.807, 2.05) is 0 Å². The van der Waals surface area contributed by atoms with Crippen molar-refractivity contribution in [1.82, 2.24) is 10.2 Å². The molecular weight excluding hydrogens is 220 g/mol. The Morgan fingerprint density at radius 2 is 2.11 bits per heavy atom. The van der Waals surface area contributed by atoms with Gasteiger partial charge in [-0.05, 0) is 56.3 Å². The van der Waals surface area contributed by atoms with Crippen LogP contribution in [0.5, 0.6) is 0 Å². The second kappa shape index (κ2) is 5.41. The summed E-state index contributed by atoms with van der Waals surface area (Å²) in [4.78, 5) is 2.67. The number of hydrogen-bond donors (Lipinski definition) is 1. The first-order valence-corrected chi connectivity index (χ1v) is 7.35. The van der Waals surface area contributed by atoms with Gasteiger partial charge in [-0.15, -0.1) is 0 Å². The number of nitrogens with zero attached hydrogens (tertiary/aromatic N) is 1. The van der Waals surface area contributed by atoms with E-state index >= 15 is 0 Å². The molecule has 0 amide bonds. The Morgan fingerprint density at radius 1 is 1.28 bits per heavy atom. The second-order valence-corrected chi connectivity index (χ2v) is 5.90. The zero-order valence-corrected chi connectivity index (χ0v) is 11.4. The lowest BCUT2D eigenvalue weighted by Crippen LogP contribution is -2.34. The predicted molar refractivity (Wildman–Crippen MR) is 75.6 cm³/mol. The van der Waals surface area contributed by atoms with Gasteiger partial charge in [0.25, 0.3) is 0 Å². The summed E-state index contributed by atoms with van der Waals surface area (Å²) in [5.74, 6) is 0.843. The van der Waals surface area contributed by atoms with Crippen LogP contribution in [0.25, 0.3) is 0 Å². The van der Waals surface area contributed by atoms with Gasteiger partial charge in [0.05, 0.1) is 0 Å². The zero-order valence-electron chi connectivity index (χ0n) is 11.4. The molecule has 1 saturated heterocycles. The minimum absolute atomic E-state index is 0.698. The summed E-state index contributed by atoms with van der Waals surface area (Å²) in [6.45, 7) is 7.22. The van der Waals surface area contributed by atoms with E-state index in [1.165, 1.54) is 38.9 Å². The van der Waals surface area contributed by atoms with E-state index in [1.54, 1.807) is 11.1 Å². The molecule has 2 heteroatoms. The van der Waals surface area contributed by atoms with Gasteiger partial charge in [0.2, 0.25) is 0 Å². The van der Waals surface area contributed by atoms with E-state index in [9.17, 15) is 0 Å². The third-order valence-corrected chi connectivity index (χ3v) is 4.61. The SMILES string of the molecule is CC1NCCC1CN1CCCc2ccccc2C1. The summed E-state index contributed by atoms with van der Waals surface area (Å²) in [6.07, 6.45) is 3.91. The van der Waals surface area contributed by atoms with Crippen LogP contribution in [0.3, 0.4) is 0 Å². The lowest BCUT2D eigenvalue weighted by Gasteiger charge is -2.26. The molecule has 0 radical (unpaired) electrons. The van der Waals surface area contributed by atoms with Crippen molar-refractivity contribution in [1.29, 1.82) is 0 Å². The van der Waals surface area contributed by atoms with Crippen LogP contribution in [0.15, 0.2) is 24.3 Å². The first kappa shape index (κ1) is 12.2. The van der Waals surface area contributed by atoms with Gasteiger partial charge < -0.3 is 5.32 Å². The van der Waals surface area contributed by atoms with Crippen molar-refractivity contribution < 1.29 is 0 Å². The average Bonchev–Trinajstić information content (AvgIpc) is 2.66. The molecule has 1 aromatic carbocycles. The van der Waals surface area contributed by atoms with Crippen LogP contribution < -0.4 is 5.32 Å². The Morgan fingerprint density at radius 3 is 2.89 bits per heavy atom. The van der Waals surface area contributed by atoms with Gasteiger partial charge >= 0.3 is 0 Å². The molecule has 0 aliphatic carbocycles. The van der Waals surface area contributed by atoms with Gasteiger partial charge in [0.1, 0.15) is 0 Å². The van der Waals surface area contributed by atoms with E-state index in [-0.39, 0.29) is 0 Å². The normalized spacial score (nSPS) is 28.9. The number of nitrogens with one attached hydrogen (secondary N) is 1. The fraction of sp³-hybridized carbons (Fsp3) is 0.625. The molecule has 98 valence electrons. The Hall–Kier alpha value is -0.860.